The Kier molecular flexibility index (Phi) is 4.75. The van der Waals surface area contributed by atoms with Crippen LogP contribution in [-0.4, -0.2) is 28.7 Å². The van der Waals surface area contributed by atoms with E-state index in [1.165, 1.54) is 6.07 Å². The Labute approximate surface area is 115 Å². The van der Waals surface area contributed by atoms with E-state index < -0.39 is 5.82 Å². The standard InChI is InChI=1S/C14H17BrFNO/c15-9-10-17(11-5-1-2-6-11)14(18)12-7-3-4-8-13(12)16/h3-4,7-8,11H,1-2,5-6,9-10H2. The number of hydrogen-bond acceptors (Lipinski definition) is 1. The van der Waals surface area contributed by atoms with Gasteiger partial charge in [0.15, 0.2) is 0 Å². The van der Waals surface area contributed by atoms with Gasteiger partial charge in [-0.1, -0.05) is 40.9 Å². The first-order valence-corrected chi connectivity index (χ1v) is 7.47. The van der Waals surface area contributed by atoms with Gasteiger partial charge in [-0.3, -0.25) is 4.79 Å². The molecule has 1 aromatic carbocycles. The van der Waals surface area contributed by atoms with E-state index in [-0.39, 0.29) is 17.5 Å². The van der Waals surface area contributed by atoms with Crippen LogP contribution in [0.1, 0.15) is 36.0 Å². The molecule has 0 atom stereocenters. The molecule has 1 saturated carbocycles. The van der Waals surface area contributed by atoms with E-state index in [4.69, 9.17) is 0 Å². The molecule has 0 heterocycles. The predicted molar refractivity (Wildman–Crippen MR) is 73.5 cm³/mol. The zero-order valence-corrected chi connectivity index (χ0v) is 11.8. The highest BCUT2D eigenvalue weighted by molar-refractivity contribution is 9.09. The van der Waals surface area contributed by atoms with Gasteiger partial charge in [0.25, 0.3) is 5.91 Å². The van der Waals surface area contributed by atoms with Crippen LogP contribution < -0.4 is 0 Å². The minimum Gasteiger partial charge on any atom is -0.335 e. The molecular weight excluding hydrogens is 297 g/mol. The van der Waals surface area contributed by atoms with Crippen LogP contribution in [0.5, 0.6) is 0 Å². The highest BCUT2D eigenvalue weighted by Crippen LogP contribution is 2.25. The fraction of sp³-hybridized carbons (Fsp3) is 0.500. The molecule has 0 saturated heterocycles. The van der Waals surface area contributed by atoms with Crippen molar-refractivity contribution in [3.05, 3.63) is 35.6 Å². The van der Waals surface area contributed by atoms with Crippen molar-refractivity contribution in [2.45, 2.75) is 31.7 Å². The highest BCUT2D eigenvalue weighted by Gasteiger charge is 2.28. The number of carbonyl (C=O) groups excluding carboxylic acids is 1. The molecule has 4 heteroatoms. The third-order valence-electron chi connectivity index (χ3n) is 3.46. The summed E-state index contributed by atoms with van der Waals surface area (Å²) in [4.78, 5) is 14.2. The molecule has 1 fully saturated rings. The summed E-state index contributed by atoms with van der Waals surface area (Å²) in [6.45, 7) is 0.637. The smallest absolute Gasteiger partial charge is 0.257 e. The third-order valence-corrected chi connectivity index (χ3v) is 3.81. The van der Waals surface area contributed by atoms with Crippen LogP contribution in [-0.2, 0) is 0 Å². The summed E-state index contributed by atoms with van der Waals surface area (Å²) in [6, 6.07) is 6.49. The number of hydrogen-bond donors (Lipinski definition) is 0. The Morgan fingerprint density at radius 1 is 1.33 bits per heavy atom. The first-order valence-electron chi connectivity index (χ1n) is 6.35. The van der Waals surface area contributed by atoms with Gasteiger partial charge in [0.2, 0.25) is 0 Å². The monoisotopic (exact) mass is 313 g/mol. The van der Waals surface area contributed by atoms with Crippen LogP contribution in [0.25, 0.3) is 0 Å². The quantitative estimate of drug-likeness (QED) is 0.778. The van der Waals surface area contributed by atoms with Crippen LogP contribution in [0.2, 0.25) is 0 Å². The average molecular weight is 314 g/mol. The summed E-state index contributed by atoms with van der Waals surface area (Å²) in [6.07, 6.45) is 4.39. The lowest BCUT2D eigenvalue weighted by Crippen LogP contribution is -2.40. The number of benzene rings is 1. The Bertz CT molecular complexity index is 418. The van der Waals surface area contributed by atoms with E-state index in [1.807, 2.05) is 4.90 Å². The molecule has 1 aliphatic carbocycles. The van der Waals surface area contributed by atoms with Crippen LogP contribution in [0.4, 0.5) is 4.39 Å². The van der Waals surface area contributed by atoms with Gasteiger partial charge in [-0.25, -0.2) is 4.39 Å². The molecule has 0 spiro atoms. The zero-order chi connectivity index (χ0) is 13.0. The van der Waals surface area contributed by atoms with Gasteiger partial charge in [-0.15, -0.1) is 0 Å². The Balaban J connectivity index is 2.20. The maximum atomic E-state index is 13.7. The zero-order valence-electron chi connectivity index (χ0n) is 10.2. The largest absolute Gasteiger partial charge is 0.335 e. The fourth-order valence-electron chi connectivity index (χ4n) is 2.55. The topological polar surface area (TPSA) is 20.3 Å². The van der Waals surface area contributed by atoms with Gasteiger partial charge in [-0.2, -0.15) is 0 Å². The Hall–Kier alpha value is -0.900. The molecule has 0 unspecified atom stereocenters. The first-order chi connectivity index (χ1) is 8.74. The maximum absolute atomic E-state index is 13.7. The van der Waals surface area contributed by atoms with Gasteiger partial charge in [0.05, 0.1) is 5.56 Å². The summed E-state index contributed by atoms with van der Waals surface area (Å²) in [5, 5.41) is 0.726. The molecule has 1 aliphatic rings. The normalized spacial score (nSPS) is 15.9. The predicted octanol–water partition coefficient (Wildman–Crippen LogP) is 3.61. The molecule has 0 N–H and O–H groups in total. The van der Waals surface area contributed by atoms with E-state index in [0.29, 0.717) is 6.54 Å². The summed E-state index contributed by atoms with van der Waals surface area (Å²) < 4.78 is 13.7. The fourth-order valence-corrected chi connectivity index (χ4v) is 2.93. The number of amides is 1. The molecule has 18 heavy (non-hydrogen) atoms. The van der Waals surface area contributed by atoms with Crippen LogP contribution in [0.15, 0.2) is 24.3 Å². The van der Waals surface area contributed by atoms with Crippen molar-refractivity contribution >= 4 is 21.8 Å². The van der Waals surface area contributed by atoms with Crippen molar-refractivity contribution in [3.8, 4) is 0 Å². The molecule has 1 aromatic rings. The van der Waals surface area contributed by atoms with Crippen molar-refractivity contribution in [3.63, 3.8) is 0 Å². The number of carbonyl (C=O) groups is 1. The van der Waals surface area contributed by atoms with Gasteiger partial charge in [0, 0.05) is 17.9 Å². The molecule has 1 amide bonds. The van der Waals surface area contributed by atoms with Crippen molar-refractivity contribution < 1.29 is 9.18 Å². The summed E-state index contributed by atoms with van der Waals surface area (Å²) in [7, 11) is 0. The van der Waals surface area contributed by atoms with E-state index >= 15 is 0 Å². The number of alkyl halides is 1. The minimum absolute atomic E-state index is 0.181. The van der Waals surface area contributed by atoms with Gasteiger partial charge >= 0.3 is 0 Å². The number of nitrogens with zero attached hydrogens (tertiary/aromatic N) is 1. The minimum atomic E-state index is -0.430. The van der Waals surface area contributed by atoms with E-state index in [1.54, 1.807) is 18.2 Å². The lowest BCUT2D eigenvalue weighted by Gasteiger charge is -2.28. The second-order valence-corrected chi connectivity index (χ2v) is 5.40. The summed E-state index contributed by atoms with van der Waals surface area (Å²) in [5.41, 5.74) is 0.186. The van der Waals surface area contributed by atoms with Crippen molar-refractivity contribution in [1.29, 1.82) is 0 Å². The second-order valence-electron chi connectivity index (χ2n) is 4.61. The lowest BCUT2D eigenvalue weighted by atomic mass is 10.1. The molecule has 0 radical (unpaired) electrons. The molecular formula is C14H17BrFNO. The third kappa shape index (κ3) is 2.91. The Morgan fingerprint density at radius 2 is 2.00 bits per heavy atom. The number of rotatable bonds is 4. The summed E-state index contributed by atoms with van der Waals surface area (Å²) >= 11 is 3.37. The average Bonchev–Trinajstić information content (AvgIpc) is 2.89. The molecule has 0 aromatic heterocycles. The van der Waals surface area contributed by atoms with Crippen LogP contribution >= 0.6 is 15.9 Å². The van der Waals surface area contributed by atoms with Gasteiger partial charge in [-0.05, 0) is 25.0 Å². The van der Waals surface area contributed by atoms with E-state index in [9.17, 15) is 9.18 Å². The Morgan fingerprint density at radius 3 is 2.61 bits per heavy atom. The maximum Gasteiger partial charge on any atom is 0.257 e. The van der Waals surface area contributed by atoms with Crippen molar-refractivity contribution in [2.75, 3.05) is 11.9 Å². The molecule has 98 valence electrons. The molecule has 2 nitrogen and oxygen atoms in total. The van der Waals surface area contributed by atoms with Crippen LogP contribution in [0.3, 0.4) is 0 Å². The van der Waals surface area contributed by atoms with Crippen molar-refractivity contribution in [1.82, 2.24) is 4.90 Å². The number of halogens is 2. The van der Waals surface area contributed by atoms with Crippen LogP contribution in [0, 0.1) is 5.82 Å². The lowest BCUT2D eigenvalue weighted by molar-refractivity contribution is 0.0691. The summed E-state index contributed by atoms with van der Waals surface area (Å²) in [5.74, 6) is -0.612. The van der Waals surface area contributed by atoms with E-state index in [0.717, 1.165) is 31.0 Å². The van der Waals surface area contributed by atoms with Gasteiger partial charge in [0.1, 0.15) is 5.82 Å². The highest BCUT2D eigenvalue weighted by atomic mass is 79.9. The molecule has 2 rings (SSSR count). The van der Waals surface area contributed by atoms with Gasteiger partial charge < -0.3 is 4.90 Å². The first kappa shape index (κ1) is 13.5. The van der Waals surface area contributed by atoms with E-state index in [2.05, 4.69) is 15.9 Å². The van der Waals surface area contributed by atoms with Crippen molar-refractivity contribution in [2.24, 2.45) is 0 Å². The molecule has 0 bridgehead atoms. The second kappa shape index (κ2) is 6.32. The SMILES string of the molecule is O=C(c1ccccc1F)N(CCBr)C1CCCC1. The molecule has 0 aliphatic heterocycles.